The quantitative estimate of drug-likeness (QED) is 0.750. The second-order valence-electron chi connectivity index (χ2n) is 8.91. The normalized spacial score (nSPS) is 18.1. The number of nitrogens with one attached hydrogen (secondary N) is 2. The second-order valence-corrected chi connectivity index (χ2v) is 8.91. The van der Waals surface area contributed by atoms with Crippen LogP contribution >= 0.6 is 0 Å². The van der Waals surface area contributed by atoms with Crippen LogP contribution in [0.3, 0.4) is 0 Å². The molecular weight excluding hydrogens is 354 g/mol. The van der Waals surface area contributed by atoms with Crippen molar-refractivity contribution in [2.45, 2.75) is 46.6 Å². The van der Waals surface area contributed by atoms with E-state index in [9.17, 15) is 9.59 Å². The molecule has 1 aromatic carbocycles. The Morgan fingerprint density at radius 2 is 1.86 bits per heavy atom. The number of rotatable bonds is 7. The van der Waals surface area contributed by atoms with E-state index in [2.05, 4.69) is 39.8 Å². The van der Waals surface area contributed by atoms with E-state index < -0.39 is 11.7 Å². The summed E-state index contributed by atoms with van der Waals surface area (Å²) in [7, 11) is 0. The van der Waals surface area contributed by atoms with Crippen molar-refractivity contribution in [1.29, 1.82) is 0 Å². The van der Waals surface area contributed by atoms with Crippen LogP contribution in [0.1, 0.15) is 41.0 Å². The minimum Gasteiger partial charge on any atom is -0.444 e. The van der Waals surface area contributed by atoms with Crippen LogP contribution in [0.4, 0.5) is 10.5 Å². The van der Waals surface area contributed by atoms with Gasteiger partial charge in [0.05, 0.1) is 5.92 Å². The van der Waals surface area contributed by atoms with Crippen LogP contribution in [0.5, 0.6) is 0 Å². The Balaban J connectivity index is 1.78. The molecule has 2 amide bonds. The maximum Gasteiger partial charge on any atom is 0.407 e. The molecular formula is C22H35N3O3. The molecule has 1 saturated heterocycles. The van der Waals surface area contributed by atoms with Crippen LogP contribution in [0.25, 0.3) is 0 Å². The van der Waals surface area contributed by atoms with Crippen LogP contribution in [0, 0.1) is 17.8 Å². The van der Waals surface area contributed by atoms with Gasteiger partial charge in [-0.2, -0.15) is 0 Å². The Bertz CT molecular complexity index is 640. The number of hydrogen-bond acceptors (Lipinski definition) is 4. The molecule has 1 aromatic rings. The summed E-state index contributed by atoms with van der Waals surface area (Å²) in [5.41, 5.74) is 0.685. The standard InChI is InChI=1S/C22H35N3O3/c1-16(2)19(14-24-21(27)28-22(3,4)5)20(26)23-13-17-11-12-25(15-17)18-9-7-6-8-10-18/h6-10,16-17,19H,11-15H2,1-5H3,(H,23,26)(H,24,27)/t17-,19-/m1/s1. The number of carbonyl (C=O) groups is 2. The Kier molecular flexibility index (Phi) is 7.72. The first-order valence-corrected chi connectivity index (χ1v) is 10.2. The first-order valence-electron chi connectivity index (χ1n) is 10.2. The van der Waals surface area contributed by atoms with Crippen molar-refractivity contribution < 1.29 is 14.3 Å². The molecule has 0 radical (unpaired) electrons. The minimum atomic E-state index is -0.549. The molecule has 0 aromatic heterocycles. The fourth-order valence-electron chi connectivity index (χ4n) is 3.39. The third-order valence-corrected chi connectivity index (χ3v) is 4.98. The minimum absolute atomic E-state index is 0.00998. The third-order valence-electron chi connectivity index (χ3n) is 4.98. The molecule has 0 spiro atoms. The highest BCUT2D eigenvalue weighted by molar-refractivity contribution is 5.80. The molecule has 1 aliphatic heterocycles. The van der Waals surface area contributed by atoms with E-state index in [0.29, 0.717) is 12.5 Å². The van der Waals surface area contributed by atoms with Gasteiger partial charge in [0.2, 0.25) is 5.91 Å². The summed E-state index contributed by atoms with van der Waals surface area (Å²) in [6.45, 7) is 12.3. The monoisotopic (exact) mass is 389 g/mol. The van der Waals surface area contributed by atoms with Gasteiger partial charge in [-0.25, -0.2) is 4.79 Å². The van der Waals surface area contributed by atoms with Crippen molar-refractivity contribution >= 4 is 17.7 Å². The highest BCUT2D eigenvalue weighted by Crippen LogP contribution is 2.23. The number of benzene rings is 1. The molecule has 0 saturated carbocycles. The fourth-order valence-corrected chi connectivity index (χ4v) is 3.39. The Morgan fingerprint density at radius 1 is 1.18 bits per heavy atom. The summed E-state index contributed by atoms with van der Waals surface area (Å²) in [6, 6.07) is 10.4. The van der Waals surface area contributed by atoms with Gasteiger partial charge >= 0.3 is 6.09 Å². The first-order chi connectivity index (χ1) is 13.2. The molecule has 1 aliphatic rings. The van der Waals surface area contributed by atoms with E-state index in [1.54, 1.807) is 0 Å². The number of amides is 2. The average molecular weight is 390 g/mol. The number of para-hydroxylation sites is 1. The number of nitrogens with zero attached hydrogens (tertiary/aromatic N) is 1. The van der Waals surface area contributed by atoms with Crippen LogP contribution in [0.15, 0.2) is 30.3 Å². The maximum absolute atomic E-state index is 12.7. The molecule has 0 aliphatic carbocycles. The van der Waals surface area contributed by atoms with E-state index in [0.717, 1.165) is 19.5 Å². The highest BCUT2D eigenvalue weighted by Gasteiger charge is 2.27. The van der Waals surface area contributed by atoms with E-state index >= 15 is 0 Å². The van der Waals surface area contributed by atoms with Gasteiger partial charge in [0.1, 0.15) is 5.60 Å². The van der Waals surface area contributed by atoms with Gasteiger partial charge in [0, 0.05) is 31.9 Å². The number of alkyl carbamates (subject to hydrolysis) is 1. The maximum atomic E-state index is 12.7. The lowest BCUT2D eigenvalue weighted by molar-refractivity contribution is -0.126. The molecule has 2 N–H and O–H groups in total. The summed E-state index contributed by atoms with van der Waals surface area (Å²) < 4.78 is 5.26. The van der Waals surface area contributed by atoms with Crippen LogP contribution in [0.2, 0.25) is 0 Å². The smallest absolute Gasteiger partial charge is 0.407 e. The van der Waals surface area contributed by atoms with Crippen molar-refractivity contribution in [2.24, 2.45) is 17.8 Å². The zero-order valence-corrected chi connectivity index (χ0v) is 17.8. The van der Waals surface area contributed by atoms with Crippen molar-refractivity contribution in [1.82, 2.24) is 10.6 Å². The van der Waals surface area contributed by atoms with Gasteiger partial charge in [-0.05, 0) is 51.2 Å². The predicted octanol–water partition coefficient (Wildman–Crippen LogP) is 3.43. The van der Waals surface area contributed by atoms with E-state index in [4.69, 9.17) is 4.74 Å². The average Bonchev–Trinajstić information content (AvgIpc) is 3.08. The number of carbonyl (C=O) groups excluding carboxylic acids is 2. The SMILES string of the molecule is CC(C)[C@@H](CNC(=O)OC(C)(C)C)C(=O)NC[C@H]1CCN(c2ccccc2)C1. The van der Waals surface area contributed by atoms with E-state index in [1.807, 2.05) is 40.7 Å². The molecule has 0 unspecified atom stereocenters. The van der Waals surface area contributed by atoms with E-state index in [-0.39, 0.29) is 24.3 Å². The lowest BCUT2D eigenvalue weighted by atomic mass is 9.94. The summed E-state index contributed by atoms with van der Waals surface area (Å²) >= 11 is 0. The summed E-state index contributed by atoms with van der Waals surface area (Å²) in [6.07, 6.45) is 0.581. The lowest BCUT2D eigenvalue weighted by Gasteiger charge is -2.24. The van der Waals surface area contributed by atoms with Crippen molar-refractivity contribution in [2.75, 3.05) is 31.1 Å². The van der Waals surface area contributed by atoms with Gasteiger partial charge < -0.3 is 20.3 Å². The number of ether oxygens (including phenoxy) is 1. The molecule has 156 valence electrons. The molecule has 0 bridgehead atoms. The second kappa shape index (κ2) is 9.80. The summed E-state index contributed by atoms with van der Waals surface area (Å²) in [5.74, 6) is 0.276. The van der Waals surface area contributed by atoms with Crippen molar-refractivity contribution in [3.05, 3.63) is 30.3 Å². The Morgan fingerprint density at radius 3 is 2.46 bits per heavy atom. The van der Waals surface area contributed by atoms with Crippen molar-refractivity contribution in [3.63, 3.8) is 0 Å². The van der Waals surface area contributed by atoms with Gasteiger partial charge in [-0.1, -0.05) is 32.0 Å². The highest BCUT2D eigenvalue weighted by atomic mass is 16.6. The van der Waals surface area contributed by atoms with Crippen LogP contribution in [-0.4, -0.2) is 43.8 Å². The van der Waals surface area contributed by atoms with Gasteiger partial charge in [0.15, 0.2) is 0 Å². The summed E-state index contributed by atoms with van der Waals surface area (Å²) in [4.78, 5) is 26.9. The van der Waals surface area contributed by atoms with Gasteiger partial charge in [0.25, 0.3) is 0 Å². The molecule has 1 fully saturated rings. The largest absolute Gasteiger partial charge is 0.444 e. The zero-order chi connectivity index (χ0) is 20.7. The molecule has 2 rings (SSSR count). The topological polar surface area (TPSA) is 70.7 Å². The molecule has 6 nitrogen and oxygen atoms in total. The van der Waals surface area contributed by atoms with E-state index in [1.165, 1.54) is 5.69 Å². The predicted molar refractivity (Wildman–Crippen MR) is 112 cm³/mol. The fraction of sp³-hybridized carbons (Fsp3) is 0.636. The number of hydrogen-bond donors (Lipinski definition) is 2. The molecule has 6 heteroatoms. The number of anilines is 1. The third kappa shape index (κ3) is 7.06. The van der Waals surface area contributed by atoms with Crippen LogP contribution < -0.4 is 15.5 Å². The van der Waals surface area contributed by atoms with Gasteiger partial charge in [-0.3, -0.25) is 4.79 Å². The molecule has 2 atom stereocenters. The first kappa shape index (κ1) is 22.1. The van der Waals surface area contributed by atoms with Crippen molar-refractivity contribution in [3.8, 4) is 0 Å². The van der Waals surface area contributed by atoms with Gasteiger partial charge in [-0.15, -0.1) is 0 Å². The molecule has 1 heterocycles. The van der Waals surface area contributed by atoms with Crippen LogP contribution in [-0.2, 0) is 9.53 Å². The Labute approximate surface area is 169 Å². The lowest BCUT2D eigenvalue weighted by Crippen LogP contribution is -2.44. The Hall–Kier alpha value is -2.24. The molecule has 28 heavy (non-hydrogen) atoms. The zero-order valence-electron chi connectivity index (χ0n) is 17.8. The summed E-state index contributed by atoms with van der Waals surface area (Å²) in [5, 5.41) is 5.82.